The van der Waals surface area contributed by atoms with Crippen LogP contribution in [0.5, 0.6) is 17.2 Å². The van der Waals surface area contributed by atoms with Crippen LogP contribution >= 0.6 is 0 Å². The van der Waals surface area contributed by atoms with Gasteiger partial charge in [-0.3, -0.25) is 14.4 Å². The highest BCUT2D eigenvalue weighted by Crippen LogP contribution is 2.38. The van der Waals surface area contributed by atoms with E-state index in [1.807, 2.05) is 6.92 Å². The van der Waals surface area contributed by atoms with Crippen LogP contribution in [0, 0.1) is 0 Å². The second-order valence-corrected chi connectivity index (χ2v) is 6.94. The van der Waals surface area contributed by atoms with E-state index < -0.39 is 11.8 Å². The molecule has 0 aliphatic heterocycles. The minimum atomic E-state index is -0.666. The lowest BCUT2D eigenvalue weighted by Crippen LogP contribution is -2.20. The molecule has 0 atom stereocenters. The molecule has 0 bridgehead atoms. The molecule has 0 saturated carbocycles. The van der Waals surface area contributed by atoms with Crippen LogP contribution in [0.2, 0.25) is 0 Å². The lowest BCUT2D eigenvalue weighted by Gasteiger charge is -2.15. The van der Waals surface area contributed by atoms with E-state index in [-0.39, 0.29) is 35.0 Å². The quantitative estimate of drug-likeness (QED) is 0.451. The van der Waals surface area contributed by atoms with E-state index in [0.29, 0.717) is 29.2 Å². The van der Waals surface area contributed by atoms with Gasteiger partial charge in [0, 0.05) is 28.6 Å². The minimum Gasteiger partial charge on any atom is -0.493 e. The van der Waals surface area contributed by atoms with Crippen LogP contribution in [-0.4, -0.2) is 42.6 Å². The summed E-state index contributed by atoms with van der Waals surface area (Å²) in [5.41, 5.74) is 6.93. The minimum absolute atomic E-state index is 0.156. The molecular weight excluding hydrogens is 428 g/mol. The van der Waals surface area contributed by atoms with Gasteiger partial charge >= 0.3 is 0 Å². The molecule has 2 aromatic carbocycles. The first kappa shape index (κ1) is 23.3. The van der Waals surface area contributed by atoms with Crippen molar-refractivity contribution in [3.63, 3.8) is 0 Å². The zero-order valence-electron chi connectivity index (χ0n) is 18.4. The summed E-state index contributed by atoms with van der Waals surface area (Å²) in [6.45, 7) is 1.54. The van der Waals surface area contributed by atoms with Crippen molar-refractivity contribution >= 4 is 17.5 Å². The predicted molar refractivity (Wildman–Crippen MR) is 122 cm³/mol. The Morgan fingerprint density at radius 3 is 2.39 bits per heavy atom. The molecule has 10 heteroatoms. The highest BCUT2D eigenvalue weighted by Gasteiger charge is 2.19. The van der Waals surface area contributed by atoms with E-state index in [1.165, 1.54) is 32.4 Å². The van der Waals surface area contributed by atoms with Crippen molar-refractivity contribution in [1.82, 2.24) is 9.97 Å². The summed E-state index contributed by atoms with van der Waals surface area (Å²) >= 11 is 0. The molecule has 3 rings (SSSR count). The summed E-state index contributed by atoms with van der Waals surface area (Å²) in [4.78, 5) is 43.0. The van der Waals surface area contributed by atoms with Crippen molar-refractivity contribution in [1.29, 1.82) is 0 Å². The second kappa shape index (κ2) is 10.3. The summed E-state index contributed by atoms with van der Waals surface area (Å²) < 4.78 is 15.9. The van der Waals surface area contributed by atoms with Crippen LogP contribution in [0.25, 0.3) is 11.4 Å². The largest absolute Gasteiger partial charge is 0.493 e. The van der Waals surface area contributed by atoms with Gasteiger partial charge < -0.3 is 30.2 Å². The van der Waals surface area contributed by atoms with Gasteiger partial charge in [-0.1, -0.05) is 19.1 Å². The number of carbonyl (C=O) groups excluding carboxylic acids is 2. The molecule has 3 aromatic rings. The van der Waals surface area contributed by atoms with Gasteiger partial charge in [-0.2, -0.15) is 0 Å². The molecule has 1 heterocycles. The van der Waals surface area contributed by atoms with Crippen molar-refractivity contribution in [3.05, 3.63) is 64.1 Å². The maximum Gasteiger partial charge on any atom is 0.255 e. The average Bonchev–Trinajstić information content (AvgIpc) is 2.81. The summed E-state index contributed by atoms with van der Waals surface area (Å²) in [6.07, 6.45) is 0.621. The lowest BCUT2D eigenvalue weighted by molar-refractivity contribution is -0.120. The molecule has 0 radical (unpaired) electrons. The Balaban J connectivity index is 1.88. The van der Waals surface area contributed by atoms with Gasteiger partial charge in [0.1, 0.15) is 5.82 Å². The Morgan fingerprint density at radius 2 is 1.79 bits per heavy atom. The van der Waals surface area contributed by atoms with Crippen LogP contribution in [0.4, 0.5) is 5.69 Å². The third kappa shape index (κ3) is 5.67. The summed E-state index contributed by atoms with van der Waals surface area (Å²) in [5, 5.41) is 2.80. The van der Waals surface area contributed by atoms with Crippen LogP contribution in [-0.2, 0) is 11.2 Å². The number of primary amides is 1. The molecule has 2 amide bonds. The topological polar surface area (TPSA) is 146 Å². The van der Waals surface area contributed by atoms with Crippen LogP contribution in [0.3, 0.4) is 0 Å². The first-order valence-corrected chi connectivity index (χ1v) is 10.0. The molecule has 1 aromatic heterocycles. The maximum absolute atomic E-state index is 12.9. The zero-order chi connectivity index (χ0) is 24.0. The fourth-order valence-corrected chi connectivity index (χ4v) is 3.07. The van der Waals surface area contributed by atoms with E-state index in [0.717, 1.165) is 0 Å². The first-order valence-electron chi connectivity index (χ1n) is 10.0. The molecule has 172 valence electrons. The Labute approximate surface area is 189 Å². The number of methoxy groups -OCH3 is 2. The predicted octanol–water partition coefficient (Wildman–Crippen LogP) is 2.13. The fourth-order valence-electron chi connectivity index (χ4n) is 3.07. The Hall–Kier alpha value is -4.34. The van der Waals surface area contributed by atoms with E-state index >= 15 is 0 Å². The van der Waals surface area contributed by atoms with Crippen molar-refractivity contribution in [2.45, 2.75) is 13.3 Å². The highest BCUT2D eigenvalue weighted by atomic mass is 16.5. The SMILES string of the molecule is CCc1cc(=O)[nH]c(-c2cccc(NC(=O)c3cc(OC)c(OCC(N)=O)c(OC)c3)c2)n1. The van der Waals surface area contributed by atoms with Gasteiger partial charge in [0.05, 0.1) is 14.2 Å². The van der Waals surface area contributed by atoms with Gasteiger partial charge in [-0.05, 0) is 30.7 Å². The second-order valence-electron chi connectivity index (χ2n) is 6.94. The molecule has 0 aliphatic carbocycles. The van der Waals surface area contributed by atoms with Crippen molar-refractivity contribution in [3.8, 4) is 28.6 Å². The number of hydrogen-bond acceptors (Lipinski definition) is 7. The normalized spacial score (nSPS) is 10.4. The monoisotopic (exact) mass is 452 g/mol. The number of amides is 2. The lowest BCUT2D eigenvalue weighted by atomic mass is 10.1. The highest BCUT2D eigenvalue weighted by molar-refractivity contribution is 6.05. The summed E-state index contributed by atoms with van der Waals surface area (Å²) in [6, 6.07) is 11.3. The molecule has 0 aliphatic rings. The van der Waals surface area contributed by atoms with Crippen molar-refractivity contribution in [2.75, 3.05) is 26.1 Å². The number of nitrogens with zero attached hydrogens (tertiary/aromatic N) is 1. The Kier molecular flexibility index (Phi) is 7.29. The van der Waals surface area contributed by atoms with Gasteiger partial charge in [-0.15, -0.1) is 0 Å². The number of hydrogen-bond donors (Lipinski definition) is 3. The molecule has 0 saturated heterocycles. The first-order chi connectivity index (χ1) is 15.8. The molecule has 33 heavy (non-hydrogen) atoms. The number of aromatic amines is 1. The number of aryl methyl sites for hydroxylation is 1. The van der Waals surface area contributed by atoms with Crippen molar-refractivity contribution in [2.24, 2.45) is 5.73 Å². The molecule has 10 nitrogen and oxygen atoms in total. The van der Waals surface area contributed by atoms with E-state index in [1.54, 1.807) is 24.3 Å². The number of aromatic nitrogens is 2. The number of nitrogens with two attached hydrogens (primary N) is 1. The van der Waals surface area contributed by atoms with Gasteiger partial charge in [-0.25, -0.2) is 4.98 Å². The standard InChI is InChI=1S/C23H24N4O6/c1-4-15-11-20(29)27-22(25-15)13-6-5-7-16(8-13)26-23(30)14-9-17(31-2)21(18(10-14)32-3)33-12-19(24)28/h5-11H,4,12H2,1-3H3,(H2,24,28)(H,26,30)(H,25,27,29). The molecule has 0 spiro atoms. The van der Waals surface area contributed by atoms with Crippen LogP contribution in [0.1, 0.15) is 23.0 Å². The van der Waals surface area contributed by atoms with Crippen LogP contribution < -0.4 is 30.8 Å². The third-order valence-corrected chi connectivity index (χ3v) is 4.63. The molecular formula is C23H24N4O6. The summed E-state index contributed by atoms with van der Waals surface area (Å²) in [5.74, 6) is -0.131. The maximum atomic E-state index is 12.9. The number of anilines is 1. The fraction of sp³-hybridized carbons (Fsp3) is 0.217. The summed E-state index contributed by atoms with van der Waals surface area (Å²) in [7, 11) is 2.80. The van der Waals surface area contributed by atoms with Crippen LogP contribution in [0.15, 0.2) is 47.3 Å². The van der Waals surface area contributed by atoms with Gasteiger partial charge in [0.25, 0.3) is 17.4 Å². The smallest absolute Gasteiger partial charge is 0.255 e. The van der Waals surface area contributed by atoms with E-state index in [2.05, 4.69) is 15.3 Å². The van der Waals surface area contributed by atoms with E-state index in [9.17, 15) is 14.4 Å². The average molecular weight is 452 g/mol. The Morgan fingerprint density at radius 1 is 1.09 bits per heavy atom. The van der Waals surface area contributed by atoms with Gasteiger partial charge in [0.2, 0.25) is 5.75 Å². The number of carbonyl (C=O) groups is 2. The zero-order valence-corrected chi connectivity index (χ0v) is 18.4. The van der Waals surface area contributed by atoms with E-state index in [4.69, 9.17) is 19.9 Å². The number of rotatable bonds is 9. The van der Waals surface area contributed by atoms with Crippen molar-refractivity contribution < 1.29 is 23.8 Å². The molecule has 0 unspecified atom stereocenters. The number of H-pyrrole nitrogens is 1. The number of nitrogens with one attached hydrogen (secondary N) is 2. The number of ether oxygens (including phenoxy) is 3. The molecule has 0 fully saturated rings. The number of benzene rings is 2. The van der Waals surface area contributed by atoms with Gasteiger partial charge in [0.15, 0.2) is 18.1 Å². The molecule has 4 N–H and O–H groups in total. The Bertz CT molecular complexity index is 1210. The third-order valence-electron chi connectivity index (χ3n) is 4.63.